The maximum atomic E-state index is 15.2. The van der Waals surface area contributed by atoms with Crippen molar-refractivity contribution < 1.29 is 17.6 Å². The Bertz CT molecular complexity index is 2010. The van der Waals surface area contributed by atoms with Gasteiger partial charge in [-0.2, -0.15) is 0 Å². The van der Waals surface area contributed by atoms with Crippen LogP contribution >= 0.6 is 11.6 Å². The molecule has 7 nitrogen and oxygen atoms in total. The zero-order valence-corrected chi connectivity index (χ0v) is 31.7. The van der Waals surface area contributed by atoms with Crippen LogP contribution in [0.15, 0.2) is 41.2 Å². The normalized spacial score (nSPS) is 17.2. The Kier molecular flexibility index (Phi) is 11.9. The number of anilines is 1. The Morgan fingerprint density at radius 2 is 1.74 bits per heavy atom. The van der Waals surface area contributed by atoms with Crippen LogP contribution in [0.25, 0.3) is 16.7 Å². The van der Waals surface area contributed by atoms with E-state index in [1.54, 1.807) is 16.7 Å². The SMILES string of the molecule is CCCC(=N)c1c(Cl)ccc(-n2c(C(Cc3cc(F)cc(F)c3)C(C)C)nc3nc(C4CCC(F)(F)CC4)cc(NCCN4CCCC4)c3c2=O)c1C. The molecule has 284 valence electrons. The second-order valence-electron chi connectivity index (χ2n) is 15.1. The first kappa shape index (κ1) is 38.9. The molecule has 1 saturated carbocycles. The van der Waals surface area contributed by atoms with Crippen molar-refractivity contribution in [3.05, 3.63) is 91.6 Å². The molecule has 1 atom stereocenters. The van der Waals surface area contributed by atoms with Crippen LogP contribution in [0.3, 0.4) is 0 Å². The highest BCUT2D eigenvalue weighted by atomic mass is 35.5. The standard InChI is InChI=1S/C41H49ClF4N6O/c1-5-8-32(47)36-25(4)35(10-9-31(36)42)52-39(30(24(2)3)21-26-19-28(43)22-29(44)20-26)50-38-37(40(52)53)34(48-15-18-51-16-6-7-17-51)23-33(49-38)27-11-13-41(45,46)14-12-27/h9-10,19-20,22-24,27,30,47H,5-8,11-18,21H2,1-4H3,(H,48,49). The van der Waals surface area contributed by atoms with E-state index in [4.69, 9.17) is 27.0 Å². The van der Waals surface area contributed by atoms with Crippen LogP contribution in [0.4, 0.5) is 23.2 Å². The van der Waals surface area contributed by atoms with Gasteiger partial charge in [0.05, 0.1) is 16.4 Å². The summed E-state index contributed by atoms with van der Waals surface area (Å²) in [4.78, 5) is 27.7. The summed E-state index contributed by atoms with van der Waals surface area (Å²) in [6.45, 7) is 11.1. The Labute approximate surface area is 313 Å². The van der Waals surface area contributed by atoms with E-state index in [0.29, 0.717) is 63.3 Å². The van der Waals surface area contributed by atoms with E-state index in [9.17, 15) is 17.6 Å². The van der Waals surface area contributed by atoms with Gasteiger partial charge in [0.15, 0.2) is 5.65 Å². The monoisotopic (exact) mass is 752 g/mol. The summed E-state index contributed by atoms with van der Waals surface area (Å²) in [7, 11) is 0. The van der Waals surface area contributed by atoms with Crippen molar-refractivity contribution in [3.8, 4) is 5.69 Å². The van der Waals surface area contributed by atoms with Gasteiger partial charge in [0.1, 0.15) is 22.8 Å². The third-order valence-corrected chi connectivity index (χ3v) is 11.2. The van der Waals surface area contributed by atoms with Crippen molar-refractivity contribution in [2.24, 2.45) is 5.92 Å². The van der Waals surface area contributed by atoms with Crippen molar-refractivity contribution in [3.63, 3.8) is 0 Å². The zero-order chi connectivity index (χ0) is 38.0. The molecule has 6 rings (SSSR count). The van der Waals surface area contributed by atoms with E-state index in [0.717, 1.165) is 45.0 Å². The molecular formula is C41H49ClF4N6O. The highest BCUT2D eigenvalue weighted by Gasteiger charge is 2.36. The van der Waals surface area contributed by atoms with Crippen molar-refractivity contribution in [2.75, 3.05) is 31.5 Å². The number of rotatable bonds is 13. The quantitative estimate of drug-likeness (QED) is 0.105. The van der Waals surface area contributed by atoms with E-state index >= 15 is 4.79 Å². The molecule has 1 unspecified atom stereocenters. The summed E-state index contributed by atoms with van der Waals surface area (Å²) < 4.78 is 59.0. The molecule has 2 aliphatic rings. The third kappa shape index (κ3) is 8.62. The number of halogens is 5. The van der Waals surface area contributed by atoms with Gasteiger partial charge in [-0.3, -0.25) is 9.36 Å². The minimum Gasteiger partial charge on any atom is -0.383 e. The number of benzene rings is 2. The number of likely N-dealkylation sites (tertiary alicyclic amines) is 1. The average molecular weight is 753 g/mol. The molecule has 3 heterocycles. The van der Waals surface area contributed by atoms with Crippen LogP contribution in [0.1, 0.15) is 112 Å². The second kappa shape index (κ2) is 16.3. The number of pyridine rings is 1. The van der Waals surface area contributed by atoms with Gasteiger partial charge in [0.2, 0.25) is 5.92 Å². The Hall–Kier alpha value is -3.83. The van der Waals surface area contributed by atoms with Gasteiger partial charge >= 0.3 is 0 Å². The maximum absolute atomic E-state index is 15.2. The van der Waals surface area contributed by atoms with E-state index in [1.807, 2.05) is 33.8 Å². The topological polar surface area (TPSA) is 86.9 Å². The molecule has 2 fully saturated rings. The molecule has 2 aromatic heterocycles. The largest absolute Gasteiger partial charge is 0.383 e. The molecule has 53 heavy (non-hydrogen) atoms. The molecule has 1 aliphatic heterocycles. The van der Waals surface area contributed by atoms with Crippen LogP contribution in [0.2, 0.25) is 5.02 Å². The summed E-state index contributed by atoms with van der Waals surface area (Å²) >= 11 is 6.70. The predicted octanol–water partition coefficient (Wildman–Crippen LogP) is 9.97. The molecular weight excluding hydrogens is 704 g/mol. The van der Waals surface area contributed by atoms with Gasteiger partial charge in [0.25, 0.3) is 5.56 Å². The lowest BCUT2D eigenvalue weighted by Crippen LogP contribution is -2.31. The average Bonchev–Trinajstić information content (AvgIpc) is 3.61. The van der Waals surface area contributed by atoms with Gasteiger partial charge in [-0.05, 0) is 106 Å². The van der Waals surface area contributed by atoms with E-state index in [1.165, 1.54) is 12.1 Å². The van der Waals surface area contributed by atoms with Crippen molar-refractivity contribution >= 4 is 34.0 Å². The van der Waals surface area contributed by atoms with Gasteiger partial charge in [-0.25, -0.2) is 27.5 Å². The highest BCUT2D eigenvalue weighted by Crippen LogP contribution is 2.42. The summed E-state index contributed by atoms with van der Waals surface area (Å²) in [5.74, 6) is -4.65. The molecule has 4 aromatic rings. The molecule has 0 amide bonds. The molecule has 0 radical (unpaired) electrons. The number of nitrogens with one attached hydrogen (secondary N) is 2. The molecule has 1 saturated heterocycles. The van der Waals surface area contributed by atoms with Gasteiger partial charge in [-0.15, -0.1) is 0 Å². The number of hydrogen-bond donors (Lipinski definition) is 2. The third-order valence-electron chi connectivity index (χ3n) is 10.9. The predicted molar refractivity (Wildman–Crippen MR) is 205 cm³/mol. The number of aromatic nitrogens is 3. The highest BCUT2D eigenvalue weighted by molar-refractivity contribution is 6.34. The summed E-state index contributed by atoms with van der Waals surface area (Å²) in [5, 5.41) is 13.0. The summed E-state index contributed by atoms with van der Waals surface area (Å²) in [6, 6.07) is 8.68. The fraction of sp³-hybridized carbons (Fsp3) is 0.512. The summed E-state index contributed by atoms with van der Waals surface area (Å²) in [5.41, 5.74) is 3.39. The second-order valence-corrected chi connectivity index (χ2v) is 15.5. The van der Waals surface area contributed by atoms with Gasteiger partial charge in [0, 0.05) is 60.8 Å². The van der Waals surface area contributed by atoms with Gasteiger partial charge in [-0.1, -0.05) is 38.8 Å². The molecule has 12 heteroatoms. The minimum atomic E-state index is -2.72. The van der Waals surface area contributed by atoms with Crippen LogP contribution in [0.5, 0.6) is 0 Å². The fourth-order valence-electron chi connectivity index (χ4n) is 8.00. The lowest BCUT2D eigenvalue weighted by atomic mass is 9.84. The molecule has 2 N–H and O–H groups in total. The minimum absolute atomic E-state index is 0.149. The van der Waals surface area contributed by atoms with Crippen LogP contribution in [-0.4, -0.2) is 57.2 Å². The molecule has 1 aliphatic carbocycles. The zero-order valence-electron chi connectivity index (χ0n) is 31.0. The maximum Gasteiger partial charge on any atom is 0.269 e. The lowest BCUT2D eigenvalue weighted by Gasteiger charge is -2.29. The van der Waals surface area contributed by atoms with Crippen molar-refractivity contribution in [1.29, 1.82) is 5.41 Å². The first-order valence-corrected chi connectivity index (χ1v) is 19.3. The first-order valence-electron chi connectivity index (χ1n) is 18.9. The van der Waals surface area contributed by atoms with E-state index in [-0.39, 0.29) is 55.0 Å². The van der Waals surface area contributed by atoms with Gasteiger partial charge < -0.3 is 15.6 Å². The first-order chi connectivity index (χ1) is 25.3. The van der Waals surface area contributed by atoms with Crippen LogP contribution in [-0.2, 0) is 6.42 Å². The van der Waals surface area contributed by atoms with E-state index < -0.39 is 29.0 Å². The molecule has 0 spiro atoms. The molecule has 2 aromatic carbocycles. The van der Waals surface area contributed by atoms with Crippen molar-refractivity contribution in [1.82, 2.24) is 19.4 Å². The Balaban J connectivity index is 1.60. The molecule has 0 bridgehead atoms. The number of nitrogens with zero attached hydrogens (tertiary/aromatic N) is 4. The number of alkyl halides is 2. The van der Waals surface area contributed by atoms with E-state index in [2.05, 4.69) is 10.2 Å². The Morgan fingerprint density at radius 1 is 1.06 bits per heavy atom. The van der Waals surface area contributed by atoms with Crippen molar-refractivity contribution in [2.45, 2.75) is 103 Å². The lowest BCUT2D eigenvalue weighted by molar-refractivity contribution is -0.0384. The Morgan fingerprint density at radius 3 is 2.38 bits per heavy atom. The van der Waals surface area contributed by atoms with Crippen LogP contribution < -0.4 is 10.9 Å². The van der Waals surface area contributed by atoms with Crippen LogP contribution in [0, 0.1) is 29.9 Å². The number of fused-ring (bicyclic) bond motifs is 1. The fourth-order valence-corrected chi connectivity index (χ4v) is 8.32. The number of hydrogen-bond acceptors (Lipinski definition) is 6. The summed E-state index contributed by atoms with van der Waals surface area (Å²) in [6.07, 6.45) is 3.74. The smallest absolute Gasteiger partial charge is 0.269 e.